The van der Waals surface area contributed by atoms with Crippen molar-refractivity contribution in [2.24, 2.45) is 22.8 Å². The molecule has 28 heavy (non-hydrogen) atoms. The molecule has 0 bridgehead atoms. The van der Waals surface area contributed by atoms with Crippen LogP contribution in [0.1, 0.15) is 32.1 Å². The first-order valence-electron chi connectivity index (χ1n) is 8.12. The summed E-state index contributed by atoms with van der Waals surface area (Å²) in [5.41, 5.74) is 7.43. The van der Waals surface area contributed by atoms with E-state index in [0.29, 0.717) is 0 Å². The largest absolute Gasteiger partial charge is 0.481 e. The fourth-order valence-electron chi connectivity index (χ4n) is 3.48. The molecule has 0 aromatic heterocycles. The Labute approximate surface area is 159 Å². The molecular formula is C15H25N3O10. The van der Waals surface area contributed by atoms with E-state index >= 15 is 0 Å². The van der Waals surface area contributed by atoms with Gasteiger partial charge in [-0.1, -0.05) is 0 Å². The van der Waals surface area contributed by atoms with Gasteiger partial charge in [-0.3, -0.25) is 29.3 Å². The molecule has 0 aliphatic carbocycles. The first-order chi connectivity index (χ1) is 12.8. The van der Waals surface area contributed by atoms with E-state index in [2.05, 4.69) is 5.32 Å². The molecule has 0 rings (SSSR count). The molecule has 0 heterocycles. The third kappa shape index (κ3) is 7.09. The summed E-state index contributed by atoms with van der Waals surface area (Å²) in [6.07, 6.45) is -3.96. The molecule has 2 unspecified atom stereocenters. The lowest BCUT2D eigenvalue weighted by molar-refractivity contribution is -0.156. The lowest BCUT2D eigenvalue weighted by Crippen LogP contribution is -2.70. The lowest BCUT2D eigenvalue weighted by Gasteiger charge is -2.51. The number of carbonyl (C=O) groups is 5. The molecular weight excluding hydrogens is 382 g/mol. The van der Waals surface area contributed by atoms with Crippen LogP contribution >= 0.6 is 0 Å². The van der Waals surface area contributed by atoms with E-state index in [-0.39, 0.29) is 13.0 Å². The minimum atomic E-state index is -2.27. The van der Waals surface area contributed by atoms with E-state index in [1.54, 1.807) is 0 Å². The zero-order valence-corrected chi connectivity index (χ0v) is 15.0. The van der Waals surface area contributed by atoms with Gasteiger partial charge in [0.2, 0.25) is 0 Å². The summed E-state index contributed by atoms with van der Waals surface area (Å²) in [5.74, 6) is -8.86. The van der Waals surface area contributed by atoms with Crippen molar-refractivity contribution in [3.63, 3.8) is 0 Å². The number of nitrogens with one attached hydrogen (secondary N) is 1. The summed E-state index contributed by atoms with van der Waals surface area (Å²) < 4.78 is 0. The van der Waals surface area contributed by atoms with Gasteiger partial charge < -0.3 is 37.0 Å². The molecule has 0 saturated carbocycles. The van der Waals surface area contributed by atoms with Gasteiger partial charge >= 0.3 is 29.8 Å². The smallest absolute Gasteiger partial charge is 0.317 e. The average molecular weight is 407 g/mol. The summed E-state index contributed by atoms with van der Waals surface area (Å²) in [6.45, 7) is -1.15. The maximum Gasteiger partial charge on any atom is 0.317 e. The Morgan fingerprint density at radius 2 is 1.25 bits per heavy atom. The summed E-state index contributed by atoms with van der Waals surface area (Å²) in [4.78, 5) is 56.5. The zero-order chi connectivity index (χ0) is 22.1. The maximum atomic E-state index is 11.6. The van der Waals surface area contributed by atoms with Crippen molar-refractivity contribution in [1.82, 2.24) is 5.32 Å². The Balaban J connectivity index is 6.68. The van der Waals surface area contributed by atoms with Crippen LogP contribution < -0.4 is 16.8 Å². The molecule has 13 nitrogen and oxygen atoms in total. The van der Waals surface area contributed by atoms with Gasteiger partial charge in [-0.2, -0.15) is 0 Å². The molecule has 0 aromatic rings. The van der Waals surface area contributed by atoms with Crippen molar-refractivity contribution >= 4 is 29.8 Å². The van der Waals surface area contributed by atoms with Crippen LogP contribution in [-0.4, -0.2) is 74.1 Å². The van der Waals surface area contributed by atoms with Gasteiger partial charge in [0.05, 0.1) is 25.0 Å². The van der Waals surface area contributed by atoms with E-state index in [9.17, 15) is 44.4 Å². The van der Waals surface area contributed by atoms with Gasteiger partial charge in [0.25, 0.3) is 0 Å². The van der Waals surface area contributed by atoms with Crippen LogP contribution in [0.4, 0.5) is 0 Å². The van der Waals surface area contributed by atoms with E-state index in [0.717, 1.165) is 0 Å². The number of carboxylic acid groups (broad SMARTS) is 5. The van der Waals surface area contributed by atoms with Crippen LogP contribution in [0.2, 0.25) is 0 Å². The number of hydrogen-bond acceptors (Lipinski definition) is 8. The van der Waals surface area contributed by atoms with Gasteiger partial charge in [0, 0.05) is 18.3 Å². The fourth-order valence-corrected chi connectivity index (χ4v) is 3.48. The first-order valence-corrected chi connectivity index (χ1v) is 8.12. The Hall–Kier alpha value is -2.77. The van der Waals surface area contributed by atoms with Crippen molar-refractivity contribution in [2.75, 3.05) is 13.1 Å². The van der Waals surface area contributed by atoms with E-state index in [1.165, 1.54) is 0 Å². The van der Waals surface area contributed by atoms with Gasteiger partial charge in [-0.05, 0) is 18.9 Å². The molecule has 2 atom stereocenters. The standard InChI is InChI=1S/C15H25N3O10/c16-2-1-14(5-11(23)24,8(3-9(19)20)4-10(21)22)15(17,6-12(25)26)18-7-13(27)28/h8,18H,1-7,16-17H2,(H,19,20)(H,21,22)(H,23,24)(H,25,26)(H,27,28). The highest BCUT2D eigenvalue weighted by molar-refractivity contribution is 5.74. The normalized spacial score (nSPS) is 15.4. The Bertz CT molecular complexity index is 609. The first kappa shape index (κ1) is 25.2. The Morgan fingerprint density at radius 3 is 1.57 bits per heavy atom. The molecule has 10 N–H and O–H groups in total. The van der Waals surface area contributed by atoms with Crippen LogP contribution in [0.25, 0.3) is 0 Å². The molecule has 13 heteroatoms. The molecule has 0 radical (unpaired) electrons. The average Bonchev–Trinajstić information content (AvgIpc) is 2.49. The van der Waals surface area contributed by atoms with Crippen molar-refractivity contribution in [2.45, 2.75) is 37.8 Å². The number of aliphatic carboxylic acids is 5. The predicted octanol–water partition coefficient (Wildman–Crippen LogP) is -1.83. The maximum absolute atomic E-state index is 11.6. The third-order valence-corrected chi connectivity index (χ3v) is 4.55. The summed E-state index contributed by atoms with van der Waals surface area (Å²) in [5, 5.41) is 48.2. The highest BCUT2D eigenvalue weighted by Gasteiger charge is 2.56. The number of nitrogens with two attached hydrogens (primary N) is 2. The van der Waals surface area contributed by atoms with Crippen LogP contribution in [0, 0.1) is 11.3 Å². The van der Waals surface area contributed by atoms with E-state index < -0.39 is 79.1 Å². The molecule has 0 aliphatic heterocycles. The van der Waals surface area contributed by atoms with Crippen molar-refractivity contribution in [1.29, 1.82) is 0 Å². The SMILES string of the molecule is NCCC(CC(=O)O)(C(CC(=O)O)CC(=O)O)C(N)(CC(=O)O)NCC(=O)O. The van der Waals surface area contributed by atoms with Crippen LogP contribution in [-0.2, 0) is 24.0 Å². The van der Waals surface area contributed by atoms with Crippen molar-refractivity contribution in [3.05, 3.63) is 0 Å². The van der Waals surface area contributed by atoms with Crippen molar-refractivity contribution in [3.8, 4) is 0 Å². The fraction of sp³-hybridized carbons (Fsp3) is 0.667. The van der Waals surface area contributed by atoms with Gasteiger partial charge in [0.15, 0.2) is 0 Å². The molecule has 0 spiro atoms. The van der Waals surface area contributed by atoms with E-state index in [1.807, 2.05) is 0 Å². The molecule has 0 saturated heterocycles. The highest BCUT2D eigenvalue weighted by atomic mass is 16.4. The third-order valence-electron chi connectivity index (χ3n) is 4.55. The molecule has 0 aromatic carbocycles. The molecule has 0 fully saturated rings. The second kappa shape index (κ2) is 10.5. The summed E-state index contributed by atoms with van der Waals surface area (Å²) >= 11 is 0. The number of carboxylic acids is 5. The number of rotatable bonds is 15. The summed E-state index contributed by atoms with van der Waals surface area (Å²) in [6, 6.07) is 0. The number of hydrogen-bond donors (Lipinski definition) is 8. The van der Waals surface area contributed by atoms with Crippen LogP contribution in [0.5, 0.6) is 0 Å². The van der Waals surface area contributed by atoms with E-state index in [4.69, 9.17) is 16.6 Å². The monoisotopic (exact) mass is 407 g/mol. The minimum Gasteiger partial charge on any atom is -0.481 e. The molecule has 0 amide bonds. The molecule has 160 valence electrons. The van der Waals surface area contributed by atoms with Gasteiger partial charge in [-0.15, -0.1) is 0 Å². The lowest BCUT2D eigenvalue weighted by atomic mass is 9.59. The Morgan fingerprint density at radius 1 is 0.786 bits per heavy atom. The highest BCUT2D eigenvalue weighted by Crippen LogP contribution is 2.47. The van der Waals surface area contributed by atoms with Gasteiger partial charge in [0.1, 0.15) is 0 Å². The predicted molar refractivity (Wildman–Crippen MR) is 91.2 cm³/mol. The quantitative estimate of drug-likeness (QED) is 0.139. The van der Waals surface area contributed by atoms with Crippen LogP contribution in [0.15, 0.2) is 0 Å². The van der Waals surface area contributed by atoms with Crippen molar-refractivity contribution < 1.29 is 49.5 Å². The zero-order valence-electron chi connectivity index (χ0n) is 15.0. The topological polar surface area (TPSA) is 251 Å². The second-order valence-corrected chi connectivity index (χ2v) is 6.45. The minimum absolute atomic E-state index is 0.281. The van der Waals surface area contributed by atoms with Crippen LogP contribution in [0.3, 0.4) is 0 Å². The Kier molecular flexibility index (Phi) is 9.49. The second-order valence-electron chi connectivity index (χ2n) is 6.45. The summed E-state index contributed by atoms with van der Waals surface area (Å²) in [7, 11) is 0. The van der Waals surface area contributed by atoms with Gasteiger partial charge in [-0.25, -0.2) is 0 Å². The molecule has 0 aliphatic rings.